The van der Waals surface area contributed by atoms with Gasteiger partial charge in [-0.3, -0.25) is 0 Å². The first-order chi connectivity index (χ1) is 10.0. The van der Waals surface area contributed by atoms with Gasteiger partial charge in [-0.1, -0.05) is 6.92 Å². The summed E-state index contributed by atoms with van der Waals surface area (Å²) < 4.78 is 27.0. The third-order valence-corrected chi connectivity index (χ3v) is 5.77. The van der Waals surface area contributed by atoms with Gasteiger partial charge < -0.3 is 5.73 Å². The van der Waals surface area contributed by atoms with Crippen molar-refractivity contribution in [1.82, 2.24) is 9.29 Å². The van der Waals surface area contributed by atoms with Crippen LogP contribution in [0.1, 0.15) is 19.8 Å². The third-order valence-electron chi connectivity index (χ3n) is 3.83. The standard InChI is InChI=1S/C15H19N3O2S/c1-2-18(10-11-3-4-11)21(19,20)13-6-7-14-12(9-13)5-8-15(16)17-14/h5-9,11H,2-4,10H2,1H3,(H2,16,17). The molecule has 1 aliphatic carbocycles. The summed E-state index contributed by atoms with van der Waals surface area (Å²) in [6, 6.07) is 8.48. The van der Waals surface area contributed by atoms with Crippen LogP contribution in [0.2, 0.25) is 0 Å². The van der Waals surface area contributed by atoms with E-state index >= 15 is 0 Å². The van der Waals surface area contributed by atoms with Gasteiger partial charge in [-0.15, -0.1) is 0 Å². The molecule has 1 heterocycles. The number of rotatable bonds is 5. The Balaban J connectivity index is 1.98. The summed E-state index contributed by atoms with van der Waals surface area (Å²) in [5.74, 6) is 0.962. The molecule has 0 amide bonds. The summed E-state index contributed by atoms with van der Waals surface area (Å²) >= 11 is 0. The van der Waals surface area contributed by atoms with Gasteiger partial charge >= 0.3 is 0 Å². The second kappa shape index (κ2) is 5.27. The smallest absolute Gasteiger partial charge is 0.243 e. The average molecular weight is 305 g/mol. The summed E-state index contributed by atoms with van der Waals surface area (Å²) in [5, 5.41) is 0.785. The van der Waals surface area contributed by atoms with Crippen LogP contribution < -0.4 is 5.73 Å². The lowest BCUT2D eigenvalue weighted by molar-refractivity contribution is 0.412. The van der Waals surface area contributed by atoms with Crippen LogP contribution in [0, 0.1) is 5.92 Å². The van der Waals surface area contributed by atoms with Gasteiger partial charge in [0.15, 0.2) is 0 Å². The zero-order valence-corrected chi connectivity index (χ0v) is 12.8. The molecule has 0 saturated heterocycles. The third kappa shape index (κ3) is 2.87. The van der Waals surface area contributed by atoms with Gasteiger partial charge in [-0.05, 0) is 49.1 Å². The number of nitrogens with zero attached hydrogens (tertiary/aromatic N) is 2. The fourth-order valence-corrected chi connectivity index (χ4v) is 3.98. The van der Waals surface area contributed by atoms with Crippen molar-refractivity contribution < 1.29 is 8.42 Å². The molecule has 1 aliphatic rings. The summed E-state index contributed by atoms with van der Waals surface area (Å²) in [4.78, 5) is 4.51. The first-order valence-electron chi connectivity index (χ1n) is 7.17. The molecule has 5 nitrogen and oxygen atoms in total. The molecular weight excluding hydrogens is 286 g/mol. The average Bonchev–Trinajstić information content (AvgIpc) is 3.27. The van der Waals surface area contributed by atoms with E-state index in [1.807, 2.05) is 6.92 Å². The van der Waals surface area contributed by atoms with E-state index in [9.17, 15) is 8.42 Å². The fourth-order valence-electron chi connectivity index (χ4n) is 2.41. The predicted molar refractivity (Wildman–Crippen MR) is 83.3 cm³/mol. The van der Waals surface area contributed by atoms with Crippen LogP contribution in [-0.4, -0.2) is 30.8 Å². The van der Waals surface area contributed by atoms with E-state index in [0.29, 0.717) is 35.2 Å². The highest BCUT2D eigenvalue weighted by Crippen LogP contribution is 2.32. The molecule has 1 fully saturated rings. The summed E-state index contributed by atoms with van der Waals surface area (Å²) in [7, 11) is -3.43. The van der Waals surface area contributed by atoms with Crippen LogP contribution >= 0.6 is 0 Å². The van der Waals surface area contributed by atoms with Crippen LogP contribution in [-0.2, 0) is 10.0 Å². The maximum atomic E-state index is 12.7. The number of benzene rings is 1. The second-order valence-corrected chi connectivity index (χ2v) is 7.43. The highest BCUT2D eigenvalue weighted by atomic mass is 32.2. The molecule has 2 aromatic rings. The van der Waals surface area contributed by atoms with Crippen LogP contribution in [0.5, 0.6) is 0 Å². The monoisotopic (exact) mass is 305 g/mol. The molecule has 21 heavy (non-hydrogen) atoms. The molecule has 0 spiro atoms. The number of anilines is 1. The normalized spacial score (nSPS) is 15.7. The minimum absolute atomic E-state index is 0.323. The van der Waals surface area contributed by atoms with Gasteiger partial charge in [-0.25, -0.2) is 13.4 Å². The molecule has 0 aliphatic heterocycles. The summed E-state index contributed by atoms with van der Waals surface area (Å²) in [5.41, 5.74) is 6.35. The van der Waals surface area contributed by atoms with Crippen molar-refractivity contribution in [3.8, 4) is 0 Å². The van der Waals surface area contributed by atoms with E-state index in [-0.39, 0.29) is 0 Å². The van der Waals surface area contributed by atoms with Gasteiger partial charge in [0, 0.05) is 18.5 Å². The van der Waals surface area contributed by atoms with E-state index in [2.05, 4.69) is 4.98 Å². The van der Waals surface area contributed by atoms with Crippen molar-refractivity contribution in [2.75, 3.05) is 18.8 Å². The lowest BCUT2D eigenvalue weighted by Gasteiger charge is -2.20. The highest BCUT2D eigenvalue weighted by Gasteiger charge is 2.30. The summed E-state index contributed by atoms with van der Waals surface area (Å²) in [6.07, 6.45) is 2.26. The van der Waals surface area contributed by atoms with Crippen LogP contribution in [0.15, 0.2) is 35.2 Å². The lowest BCUT2D eigenvalue weighted by Crippen LogP contribution is -2.32. The Morgan fingerprint density at radius 3 is 2.71 bits per heavy atom. The Bertz CT molecular complexity index is 770. The highest BCUT2D eigenvalue weighted by molar-refractivity contribution is 7.89. The maximum Gasteiger partial charge on any atom is 0.243 e. The number of pyridine rings is 1. The number of hydrogen-bond acceptors (Lipinski definition) is 4. The zero-order chi connectivity index (χ0) is 15.0. The number of nitrogen functional groups attached to an aromatic ring is 1. The summed E-state index contributed by atoms with van der Waals surface area (Å²) in [6.45, 7) is 3.00. The zero-order valence-electron chi connectivity index (χ0n) is 12.0. The Hall–Kier alpha value is -1.66. The van der Waals surface area contributed by atoms with Gasteiger partial charge in [0.25, 0.3) is 0 Å². The van der Waals surface area contributed by atoms with E-state index < -0.39 is 10.0 Å². The predicted octanol–water partition coefficient (Wildman–Crippen LogP) is 2.24. The minimum atomic E-state index is -3.43. The molecule has 0 atom stereocenters. The van der Waals surface area contributed by atoms with Gasteiger partial charge in [0.1, 0.15) is 5.82 Å². The number of fused-ring (bicyclic) bond motifs is 1. The number of sulfonamides is 1. The Labute approximate surface area is 124 Å². The molecule has 112 valence electrons. The second-order valence-electron chi connectivity index (χ2n) is 5.49. The lowest BCUT2D eigenvalue weighted by atomic mass is 10.2. The molecule has 0 radical (unpaired) electrons. The van der Waals surface area contributed by atoms with Crippen LogP contribution in [0.25, 0.3) is 10.9 Å². The SMILES string of the molecule is CCN(CC1CC1)S(=O)(=O)c1ccc2nc(N)ccc2c1. The molecule has 0 bridgehead atoms. The first kappa shape index (κ1) is 14.3. The van der Waals surface area contributed by atoms with E-state index in [1.165, 1.54) is 0 Å². The number of nitrogens with two attached hydrogens (primary N) is 1. The Morgan fingerprint density at radius 2 is 2.05 bits per heavy atom. The largest absolute Gasteiger partial charge is 0.384 e. The molecular formula is C15H19N3O2S. The Kier molecular flexibility index (Phi) is 3.59. The van der Waals surface area contributed by atoms with E-state index in [4.69, 9.17) is 5.73 Å². The Morgan fingerprint density at radius 1 is 1.29 bits per heavy atom. The number of hydrogen-bond donors (Lipinski definition) is 1. The molecule has 0 unspecified atom stereocenters. The van der Waals surface area contributed by atoms with Gasteiger partial charge in [0.2, 0.25) is 10.0 Å². The van der Waals surface area contributed by atoms with Crippen molar-refractivity contribution in [3.05, 3.63) is 30.3 Å². The van der Waals surface area contributed by atoms with Gasteiger partial charge in [0.05, 0.1) is 10.4 Å². The van der Waals surface area contributed by atoms with Crippen molar-refractivity contribution in [2.24, 2.45) is 5.92 Å². The molecule has 3 rings (SSSR count). The molecule has 2 N–H and O–H groups in total. The first-order valence-corrected chi connectivity index (χ1v) is 8.61. The van der Waals surface area contributed by atoms with Crippen LogP contribution in [0.4, 0.5) is 5.82 Å². The molecule has 6 heteroatoms. The fraction of sp³-hybridized carbons (Fsp3) is 0.400. The van der Waals surface area contributed by atoms with Crippen molar-refractivity contribution in [1.29, 1.82) is 0 Å². The van der Waals surface area contributed by atoms with Crippen molar-refractivity contribution >= 4 is 26.7 Å². The van der Waals surface area contributed by atoms with Crippen molar-refractivity contribution in [3.63, 3.8) is 0 Å². The molecule has 1 saturated carbocycles. The van der Waals surface area contributed by atoms with Crippen LogP contribution in [0.3, 0.4) is 0 Å². The molecule has 1 aromatic heterocycles. The molecule has 1 aromatic carbocycles. The van der Waals surface area contributed by atoms with Gasteiger partial charge in [-0.2, -0.15) is 4.31 Å². The van der Waals surface area contributed by atoms with E-state index in [1.54, 1.807) is 34.6 Å². The van der Waals surface area contributed by atoms with Crippen molar-refractivity contribution in [2.45, 2.75) is 24.7 Å². The maximum absolute atomic E-state index is 12.7. The van der Waals surface area contributed by atoms with E-state index in [0.717, 1.165) is 18.2 Å². The quantitative estimate of drug-likeness (QED) is 0.919. The number of aromatic nitrogens is 1. The topological polar surface area (TPSA) is 76.3 Å². The minimum Gasteiger partial charge on any atom is -0.384 e.